The van der Waals surface area contributed by atoms with Gasteiger partial charge in [-0.05, 0) is 61.0 Å². The Kier molecular flexibility index (Phi) is 6.67. The number of hydrogen-bond acceptors (Lipinski definition) is 7. The van der Waals surface area contributed by atoms with Gasteiger partial charge in [0.2, 0.25) is 10.0 Å². The van der Waals surface area contributed by atoms with Crippen LogP contribution in [-0.4, -0.2) is 34.9 Å². The normalized spacial score (nSPS) is 16.9. The number of nitrogens with two attached hydrogens (primary N) is 1. The van der Waals surface area contributed by atoms with Gasteiger partial charge >= 0.3 is 6.18 Å². The third kappa shape index (κ3) is 4.98. The molecule has 7 nitrogen and oxygen atoms in total. The molecule has 0 unspecified atom stereocenters. The highest BCUT2D eigenvalue weighted by Gasteiger charge is 2.51. The topological polar surface area (TPSA) is 118 Å². The average Bonchev–Trinajstić information content (AvgIpc) is 3.63. The van der Waals surface area contributed by atoms with Crippen molar-refractivity contribution in [3.63, 3.8) is 0 Å². The first-order chi connectivity index (χ1) is 17.8. The van der Waals surface area contributed by atoms with E-state index in [2.05, 4.69) is 14.7 Å². The summed E-state index contributed by atoms with van der Waals surface area (Å²) < 4.78 is 69.6. The van der Waals surface area contributed by atoms with Crippen LogP contribution in [0.3, 0.4) is 0 Å². The van der Waals surface area contributed by atoms with Gasteiger partial charge in [-0.3, -0.25) is 4.98 Å². The smallest absolute Gasteiger partial charge is 0.384 e. The number of aliphatic hydroxyl groups is 1. The zero-order valence-corrected chi connectivity index (χ0v) is 22.2. The van der Waals surface area contributed by atoms with Gasteiger partial charge in [0.05, 0.1) is 27.7 Å². The third-order valence-corrected chi connectivity index (χ3v) is 9.89. The molecular weight excluding hydrogens is 561 g/mol. The molecule has 4 aromatic rings. The number of halogens is 4. The molecule has 5 rings (SSSR count). The maximum absolute atomic E-state index is 13.5. The Morgan fingerprint density at radius 1 is 1.18 bits per heavy atom. The van der Waals surface area contributed by atoms with Crippen LogP contribution in [0.5, 0.6) is 0 Å². The van der Waals surface area contributed by atoms with Crippen LogP contribution in [0, 0.1) is 0 Å². The fourth-order valence-corrected chi connectivity index (χ4v) is 7.08. The van der Waals surface area contributed by atoms with E-state index >= 15 is 0 Å². The van der Waals surface area contributed by atoms with Crippen molar-refractivity contribution in [2.24, 2.45) is 0 Å². The van der Waals surface area contributed by atoms with Gasteiger partial charge in [0.15, 0.2) is 5.60 Å². The summed E-state index contributed by atoms with van der Waals surface area (Å²) in [6.07, 6.45) is -2.56. The van der Waals surface area contributed by atoms with Gasteiger partial charge in [-0.25, -0.2) is 18.1 Å². The second-order valence-electron chi connectivity index (χ2n) is 9.27. The van der Waals surface area contributed by atoms with Crippen LogP contribution < -0.4 is 10.5 Å². The number of benzene rings is 1. The molecule has 0 bridgehead atoms. The fourth-order valence-electron chi connectivity index (χ4n) is 4.03. The van der Waals surface area contributed by atoms with Crippen molar-refractivity contribution in [2.75, 3.05) is 5.73 Å². The molecular formula is C25H22ClF3N4O3S2. The predicted molar refractivity (Wildman–Crippen MR) is 141 cm³/mol. The number of rotatable bonds is 7. The van der Waals surface area contributed by atoms with Crippen LogP contribution in [0.25, 0.3) is 21.3 Å². The lowest BCUT2D eigenvalue weighted by Crippen LogP contribution is -2.39. The van der Waals surface area contributed by atoms with Gasteiger partial charge in [0.1, 0.15) is 5.82 Å². The SMILES string of the molecule is C[C@@](O)(c1ccnc(-c2cccc3cc([C@H](NS(=O)(=O)C4CC4)c4nc(N)ccc4Cl)sc23)c1)C(F)(F)F. The number of alkyl halides is 3. The van der Waals surface area contributed by atoms with Crippen molar-refractivity contribution in [3.05, 3.63) is 75.9 Å². The van der Waals surface area contributed by atoms with Gasteiger partial charge in [0, 0.05) is 21.3 Å². The highest BCUT2D eigenvalue weighted by Crippen LogP contribution is 2.43. The standard InChI is InChI=1S/C25H22ClF3N4O3S2/c1-24(34,25(27,28)29)14-9-10-31-18(12-14)16-4-2-3-13-11-19(37-23(13)16)22(33-38(35,36)15-5-6-15)21-17(26)7-8-20(30)32-21/h2-4,7-12,15,22,33-34H,5-6H2,1H3,(H2,30,32)/t22-,24+/m0/s1. The number of anilines is 1. The van der Waals surface area contributed by atoms with E-state index in [4.69, 9.17) is 17.3 Å². The molecule has 0 aliphatic heterocycles. The first-order valence-electron chi connectivity index (χ1n) is 11.5. The predicted octanol–water partition coefficient (Wildman–Crippen LogP) is 5.53. The molecule has 2 atom stereocenters. The van der Waals surface area contributed by atoms with E-state index in [0.717, 1.165) is 6.07 Å². The maximum atomic E-state index is 13.5. The molecule has 4 N–H and O–H groups in total. The lowest BCUT2D eigenvalue weighted by molar-refractivity contribution is -0.258. The van der Waals surface area contributed by atoms with Crippen molar-refractivity contribution in [2.45, 2.75) is 42.8 Å². The Balaban J connectivity index is 1.63. The number of pyridine rings is 2. The van der Waals surface area contributed by atoms with Gasteiger partial charge < -0.3 is 10.8 Å². The summed E-state index contributed by atoms with van der Waals surface area (Å²) in [5, 5.41) is 10.6. The molecule has 38 heavy (non-hydrogen) atoms. The lowest BCUT2D eigenvalue weighted by Gasteiger charge is -2.26. The van der Waals surface area contributed by atoms with Crippen molar-refractivity contribution in [1.82, 2.24) is 14.7 Å². The largest absolute Gasteiger partial charge is 0.421 e. The number of thiophene rings is 1. The molecule has 0 radical (unpaired) electrons. The first-order valence-corrected chi connectivity index (χ1v) is 14.2. The number of nitrogens with zero attached hydrogens (tertiary/aromatic N) is 2. The Hall–Kier alpha value is -2.77. The molecule has 1 aliphatic rings. The molecule has 1 aliphatic carbocycles. The van der Waals surface area contributed by atoms with Crippen LogP contribution in [0.2, 0.25) is 5.02 Å². The summed E-state index contributed by atoms with van der Waals surface area (Å²) in [6.45, 7) is 0.689. The van der Waals surface area contributed by atoms with Gasteiger partial charge in [-0.15, -0.1) is 11.3 Å². The summed E-state index contributed by atoms with van der Waals surface area (Å²) in [5.41, 5.74) is 3.45. The van der Waals surface area contributed by atoms with Crippen molar-refractivity contribution >= 4 is 48.9 Å². The van der Waals surface area contributed by atoms with Crippen LogP contribution >= 0.6 is 22.9 Å². The summed E-state index contributed by atoms with van der Waals surface area (Å²) >= 11 is 7.65. The monoisotopic (exact) mass is 582 g/mol. The number of sulfonamides is 1. The van der Waals surface area contributed by atoms with E-state index in [9.17, 15) is 26.7 Å². The van der Waals surface area contributed by atoms with Gasteiger partial charge in [-0.1, -0.05) is 29.8 Å². The first kappa shape index (κ1) is 26.8. The maximum Gasteiger partial charge on any atom is 0.421 e. The number of aromatic nitrogens is 2. The van der Waals surface area contributed by atoms with E-state index in [0.29, 0.717) is 40.3 Å². The second kappa shape index (κ2) is 9.45. The highest BCUT2D eigenvalue weighted by atomic mass is 35.5. The van der Waals surface area contributed by atoms with E-state index in [1.165, 1.54) is 29.7 Å². The van der Waals surface area contributed by atoms with Crippen LogP contribution in [-0.2, 0) is 15.6 Å². The number of hydrogen-bond donors (Lipinski definition) is 3. The minimum Gasteiger partial charge on any atom is -0.384 e. The van der Waals surface area contributed by atoms with E-state index in [1.807, 2.05) is 0 Å². The zero-order valence-electron chi connectivity index (χ0n) is 19.8. The molecule has 1 aromatic carbocycles. The fraction of sp³-hybridized carbons (Fsp3) is 0.280. The van der Waals surface area contributed by atoms with Gasteiger partial charge in [0.25, 0.3) is 0 Å². The van der Waals surface area contributed by atoms with E-state index in [1.54, 1.807) is 30.3 Å². The molecule has 13 heteroatoms. The number of fused-ring (bicyclic) bond motifs is 1. The molecule has 1 fully saturated rings. The minimum absolute atomic E-state index is 0.166. The van der Waals surface area contributed by atoms with Crippen LogP contribution in [0.4, 0.5) is 19.0 Å². The van der Waals surface area contributed by atoms with Crippen LogP contribution in [0.1, 0.15) is 41.9 Å². The Labute approximate surface area is 225 Å². The summed E-state index contributed by atoms with van der Waals surface area (Å²) in [5.74, 6) is 0.166. The number of nitrogen functional groups attached to an aromatic ring is 1. The molecule has 3 aromatic heterocycles. The van der Waals surface area contributed by atoms with Crippen molar-refractivity contribution in [1.29, 1.82) is 0 Å². The molecule has 0 amide bonds. The molecule has 200 valence electrons. The number of nitrogens with one attached hydrogen (secondary N) is 1. The molecule has 0 spiro atoms. The third-order valence-electron chi connectivity index (χ3n) is 6.41. The summed E-state index contributed by atoms with van der Waals surface area (Å²) in [6, 6.07) is 11.4. The average molecular weight is 583 g/mol. The highest BCUT2D eigenvalue weighted by molar-refractivity contribution is 7.90. The molecule has 3 heterocycles. The Morgan fingerprint density at radius 2 is 1.92 bits per heavy atom. The van der Waals surface area contributed by atoms with Crippen molar-refractivity contribution < 1.29 is 26.7 Å². The lowest BCUT2D eigenvalue weighted by atomic mass is 9.94. The van der Waals surface area contributed by atoms with Gasteiger partial charge in [-0.2, -0.15) is 13.2 Å². The molecule has 0 saturated heterocycles. The Bertz CT molecular complexity index is 1640. The summed E-state index contributed by atoms with van der Waals surface area (Å²) in [7, 11) is -3.68. The van der Waals surface area contributed by atoms with E-state index in [-0.39, 0.29) is 27.8 Å². The Morgan fingerprint density at radius 3 is 2.61 bits per heavy atom. The quantitative estimate of drug-likeness (QED) is 0.263. The summed E-state index contributed by atoms with van der Waals surface area (Å²) in [4.78, 5) is 9.12. The minimum atomic E-state index is -4.89. The van der Waals surface area contributed by atoms with Crippen molar-refractivity contribution in [3.8, 4) is 11.3 Å². The van der Waals surface area contributed by atoms with E-state index < -0.39 is 33.1 Å². The molecule has 1 saturated carbocycles. The zero-order chi connectivity index (χ0) is 27.5. The second-order valence-corrected chi connectivity index (χ2v) is 12.8. The van der Waals surface area contributed by atoms with Crippen LogP contribution in [0.15, 0.2) is 54.7 Å².